The van der Waals surface area contributed by atoms with Gasteiger partial charge in [0.15, 0.2) is 0 Å². The van der Waals surface area contributed by atoms with Gasteiger partial charge in [-0.1, -0.05) is 29.3 Å². The summed E-state index contributed by atoms with van der Waals surface area (Å²) in [6, 6.07) is 7.33. The third kappa shape index (κ3) is 6.44. The van der Waals surface area contributed by atoms with Gasteiger partial charge >= 0.3 is 0 Å². The van der Waals surface area contributed by atoms with Crippen LogP contribution in [0.15, 0.2) is 18.2 Å². The highest BCUT2D eigenvalue weighted by Gasteiger charge is 2.02. The van der Waals surface area contributed by atoms with E-state index < -0.39 is 0 Å². The topological polar surface area (TPSA) is 64.9 Å². The molecule has 0 aliphatic heterocycles. The fourth-order valence-electron chi connectivity index (χ4n) is 1.47. The predicted molar refractivity (Wildman–Crippen MR) is 76.3 cm³/mol. The molecule has 1 amide bonds. The van der Waals surface area contributed by atoms with Crippen LogP contribution in [0.1, 0.15) is 12.0 Å². The molecule has 19 heavy (non-hydrogen) atoms. The third-order valence-corrected chi connectivity index (χ3v) is 3.02. The maximum atomic E-state index is 11.3. The molecule has 0 aliphatic rings. The van der Waals surface area contributed by atoms with Crippen molar-refractivity contribution < 1.29 is 4.79 Å². The fraction of sp³-hybridized carbons (Fsp3) is 0.385. The third-order valence-electron chi connectivity index (χ3n) is 2.43. The number of hydrogen-bond acceptors (Lipinski definition) is 3. The van der Waals surface area contributed by atoms with Crippen LogP contribution in [0.3, 0.4) is 0 Å². The van der Waals surface area contributed by atoms with Gasteiger partial charge in [0.1, 0.15) is 0 Å². The molecule has 0 heterocycles. The van der Waals surface area contributed by atoms with Crippen molar-refractivity contribution in [1.82, 2.24) is 10.6 Å². The number of rotatable bonds is 7. The molecule has 102 valence electrons. The van der Waals surface area contributed by atoms with Gasteiger partial charge in [-0.25, -0.2) is 0 Å². The molecule has 0 saturated carbocycles. The largest absolute Gasteiger partial charge is 0.354 e. The minimum atomic E-state index is -0.113. The lowest BCUT2D eigenvalue weighted by atomic mass is 10.1. The number of benzene rings is 1. The van der Waals surface area contributed by atoms with Crippen LogP contribution in [0, 0.1) is 11.3 Å². The molecule has 0 radical (unpaired) electrons. The van der Waals surface area contributed by atoms with Crippen LogP contribution in [0.5, 0.6) is 0 Å². The summed E-state index contributed by atoms with van der Waals surface area (Å²) in [7, 11) is 0. The molecule has 1 rings (SSSR count). The van der Waals surface area contributed by atoms with Gasteiger partial charge in [-0.15, -0.1) is 0 Å². The van der Waals surface area contributed by atoms with Crippen LogP contribution in [-0.2, 0) is 11.2 Å². The van der Waals surface area contributed by atoms with E-state index in [1.54, 1.807) is 12.1 Å². The van der Waals surface area contributed by atoms with Gasteiger partial charge in [0, 0.05) is 16.6 Å². The monoisotopic (exact) mass is 299 g/mol. The number of carbonyl (C=O) groups excluding carboxylic acids is 1. The Kier molecular flexibility index (Phi) is 7.27. The van der Waals surface area contributed by atoms with Gasteiger partial charge < -0.3 is 10.6 Å². The summed E-state index contributed by atoms with van der Waals surface area (Å²) in [5.41, 5.74) is 0.989. The molecule has 1 aromatic carbocycles. The maximum Gasteiger partial charge on any atom is 0.233 e. The van der Waals surface area contributed by atoms with Crippen molar-refractivity contribution in [2.45, 2.75) is 12.8 Å². The first-order chi connectivity index (χ1) is 9.13. The molecule has 6 heteroatoms. The van der Waals surface area contributed by atoms with Crippen LogP contribution in [0.25, 0.3) is 0 Å². The molecule has 0 saturated heterocycles. The summed E-state index contributed by atoms with van der Waals surface area (Å²) >= 11 is 11.8. The minimum absolute atomic E-state index is 0.113. The lowest BCUT2D eigenvalue weighted by Crippen LogP contribution is -2.35. The number of amides is 1. The molecule has 0 bridgehead atoms. The van der Waals surface area contributed by atoms with Crippen molar-refractivity contribution in [3.63, 3.8) is 0 Å². The molecule has 0 atom stereocenters. The van der Waals surface area contributed by atoms with Gasteiger partial charge in [0.2, 0.25) is 5.91 Å². The van der Waals surface area contributed by atoms with Gasteiger partial charge in [0.25, 0.3) is 0 Å². The zero-order valence-electron chi connectivity index (χ0n) is 10.4. The Balaban J connectivity index is 2.20. The first-order valence-electron chi connectivity index (χ1n) is 5.92. The zero-order chi connectivity index (χ0) is 14.1. The average Bonchev–Trinajstić information content (AvgIpc) is 2.37. The van der Waals surface area contributed by atoms with Crippen molar-refractivity contribution >= 4 is 29.1 Å². The minimum Gasteiger partial charge on any atom is -0.354 e. The van der Waals surface area contributed by atoms with Crippen LogP contribution in [0.2, 0.25) is 10.0 Å². The van der Waals surface area contributed by atoms with Crippen molar-refractivity contribution in [2.75, 3.05) is 19.6 Å². The number of nitriles is 1. The molecular formula is C13H15Cl2N3O. The summed E-state index contributed by atoms with van der Waals surface area (Å²) in [4.78, 5) is 11.3. The standard InChI is InChI=1S/C13H15Cl2N3O/c14-11-3-2-10(12(15)8-11)4-7-17-9-13(19)18-6-1-5-16/h2-3,8,17H,1,4,6-7,9H2,(H,18,19). The van der Waals surface area contributed by atoms with E-state index in [0.29, 0.717) is 29.6 Å². The maximum absolute atomic E-state index is 11.3. The lowest BCUT2D eigenvalue weighted by Gasteiger charge is -2.07. The Morgan fingerprint density at radius 1 is 1.32 bits per heavy atom. The summed E-state index contributed by atoms with van der Waals surface area (Å²) < 4.78 is 0. The summed E-state index contributed by atoms with van der Waals surface area (Å²) in [5.74, 6) is -0.113. The Labute approximate surface area is 122 Å². The highest BCUT2D eigenvalue weighted by molar-refractivity contribution is 6.35. The van der Waals surface area contributed by atoms with Crippen LogP contribution in [-0.4, -0.2) is 25.5 Å². The molecule has 0 fully saturated rings. The van der Waals surface area contributed by atoms with Gasteiger partial charge in [-0.2, -0.15) is 5.26 Å². The second kappa shape index (κ2) is 8.76. The normalized spacial score (nSPS) is 9.95. The summed E-state index contributed by atoms with van der Waals surface area (Å²) in [5, 5.41) is 15.2. The first kappa shape index (κ1) is 15.8. The second-order valence-corrected chi connectivity index (χ2v) is 4.76. The summed E-state index contributed by atoms with van der Waals surface area (Å²) in [6.07, 6.45) is 1.05. The highest BCUT2D eigenvalue weighted by atomic mass is 35.5. The number of hydrogen-bond donors (Lipinski definition) is 2. The zero-order valence-corrected chi connectivity index (χ0v) is 11.9. The number of halogens is 2. The highest BCUT2D eigenvalue weighted by Crippen LogP contribution is 2.20. The Morgan fingerprint density at radius 2 is 2.11 bits per heavy atom. The molecule has 1 aromatic rings. The molecule has 0 aromatic heterocycles. The van der Waals surface area contributed by atoms with E-state index in [4.69, 9.17) is 28.5 Å². The summed E-state index contributed by atoms with van der Waals surface area (Å²) in [6.45, 7) is 1.27. The lowest BCUT2D eigenvalue weighted by molar-refractivity contribution is -0.120. The van der Waals surface area contributed by atoms with E-state index in [-0.39, 0.29) is 12.5 Å². The van der Waals surface area contributed by atoms with E-state index in [9.17, 15) is 4.79 Å². The number of nitrogens with zero attached hydrogens (tertiary/aromatic N) is 1. The molecule has 0 unspecified atom stereocenters. The van der Waals surface area contributed by atoms with E-state index in [0.717, 1.165) is 12.0 Å². The van der Waals surface area contributed by atoms with Gasteiger partial charge in [-0.05, 0) is 30.7 Å². The van der Waals surface area contributed by atoms with Crippen molar-refractivity contribution in [3.8, 4) is 6.07 Å². The van der Waals surface area contributed by atoms with E-state index >= 15 is 0 Å². The first-order valence-corrected chi connectivity index (χ1v) is 6.67. The predicted octanol–water partition coefficient (Wildman–Crippen LogP) is 2.16. The van der Waals surface area contributed by atoms with Crippen molar-refractivity contribution in [1.29, 1.82) is 5.26 Å². The van der Waals surface area contributed by atoms with Crippen LogP contribution < -0.4 is 10.6 Å². The number of carbonyl (C=O) groups is 1. The van der Waals surface area contributed by atoms with Crippen LogP contribution >= 0.6 is 23.2 Å². The smallest absolute Gasteiger partial charge is 0.233 e. The number of nitrogens with one attached hydrogen (secondary N) is 2. The van der Waals surface area contributed by atoms with E-state index in [2.05, 4.69) is 10.6 Å². The average molecular weight is 300 g/mol. The van der Waals surface area contributed by atoms with Crippen LogP contribution in [0.4, 0.5) is 0 Å². The molecule has 0 spiro atoms. The van der Waals surface area contributed by atoms with Crippen molar-refractivity contribution in [2.24, 2.45) is 0 Å². The molecular weight excluding hydrogens is 285 g/mol. The van der Waals surface area contributed by atoms with Crippen molar-refractivity contribution in [3.05, 3.63) is 33.8 Å². The Morgan fingerprint density at radius 3 is 2.79 bits per heavy atom. The SMILES string of the molecule is N#CCCNC(=O)CNCCc1ccc(Cl)cc1Cl. The molecule has 2 N–H and O–H groups in total. The Hall–Kier alpha value is -1.28. The molecule has 0 aliphatic carbocycles. The van der Waals surface area contributed by atoms with E-state index in [1.165, 1.54) is 0 Å². The van der Waals surface area contributed by atoms with Gasteiger partial charge in [-0.3, -0.25) is 4.79 Å². The van der Waals surface area contributed by atoms with Gasteiger partial charge in [0.05, 0.1) is 19.0 Å². The van der Waals surface area contributed by atoms with E-state index in [1.807, 2.05) is 12.1 Å². The Bertz CT molecular complexity index is 471. The fourth-order valence-corrected chi connectivity index (χ4v) is 1.97. The molecule has 4 nitrogen and oxygen atoms in total. The second-order valence-electron chi connectivity index (χ2n) is 3.92. The quantitative estimate of drug-likeness (QED) is 0.758.